The second-order valence-electron chi connectivity index (χ2n) is 2.25. The highest BCUT2D eigenvalue weighted by molar-refractivity contribution is 6.29. The van der Waals surface area contributed by atoms with Gasteiger partial charge in [-0.3, -0.25) is 4.68 Å². The normalized spacial score (nSPS) is 9.64. The van der Waals surface area contributed by atoms with E-state index in [0.717, 1.165) is 5.82 Å². The highest BCUT2D eigenvalue weighted by Gasteiger charge is 1.94. The monoisotopic (exact) mass is 171 g/mol. The maximum Gasteiger partial charge on any atom is 0.148 e. The molecule has 1 heterocycles. The van der Waals surface area contributed by atoms with Crippen LogP contribution in [0.1, 0.15) is 0 Å². The zero-order valence-electron chi connectivity index (χ0n) is 6.34. The van der Waals surface area contributed by atoms with Crippen molar-refractivity contribution in [1.82, 2.24) is 9.78 Å². The van der Waals surface area contributed by atoms with Gasteiger partial charge in [-0.25, -0.2) is 0 Å². The number of anilines is 1. The number of halogens is 1. The van der Waals surface area contributed by atoms with Gasteiger partial charge in [-0.15, -0.1) is 0 Å². The highest BCUT2D eigenvalue weighted by Crippen LogP contribution is 2.03. The molecule has 60 valence electrons. The summed E-state index contributed by atoms with van der Waals surface area (Å²) in [6.45, 7) is 4.10. The number of hydrogen-bond donors (Lipinski definition) is 1. The number of aromatic nitrogens is 2. The Bertz CT molecular complexity index is 254. The second-order valence-corrected chi connectivity index (χ2v) is 2.78. The highest BCUT2D eigenvalue weighted by atomic mass is 35.5. The van der Waals surface area contributed by atoms with E-state index in [4.69, 9.17) is 11.6 Å². The zero-order valence-corrected chi connectivity index (χ0v) is 7.10. The van der Waals surface area contributed by atoms with Gasteiger partial charge in [-0.2, -0.15) is 5.10 Å². The van der Waals surface area contributed by atoms with Crippen LogP contribution in [0.25, 0.3) is 0 Å². The molecule has 0 saturated heterocycles. The Morgan fingerprint density at radius 1 is 1.91 bits per heavy atom. The van der Waals surface area contributed by atoms with E-state index in [1.165, 1.54) is 0 Å². The molecule has 0 atom stereocenters. The maximum absolute atomic E-state index is 5.54. The smallest absolute Gasteiger partial charge is 0.148 e. The summed E-state index contributed by atoms with van der Waals surface area (Å²) >= 11 is 5.54. The average Bonchev–Trinajstić information content (AvgIpc) is 2.31. The fourth-order valence-corrected chi connectivity index (χ4v) is 0.763. The molecule has 0 spiro atoms. The molecule has 1 aromatic rings. The van der Waals surface area contributed by atoms with Gasteiger partial charge in [-0.05, 0) is 0 Å². The minimum Gasteiger partial charge on any atom is -0.364 e. The predicted octanol–water partition coefficient (Wildman–Crippen LogP) is 1.58. The van der Waals surface area contributed by atoms with Crippen molar-refractivity contribution in [3.05, 3.63) is 23.9 Å². The Kier molecular flexibility index (Phi) is 2.54. The third kappa shape index (κ3) is 2.63. The van der Waals surface area contributed by atoms with Crippen LogP contribution in [0.4, 0.5) is 5.82 Å². The van der Waals surface area contributed by atoms with Crippen LogP contribution in [0.15, 0.2) is 23.9 Å². The average molecular weight is 172 g/mol. The number of rotatable bonds is 3. The summed E-state index contributed by atoms with van der Waals surface area (Å²) in [5, 5.41) is 7.67. The minimum absolute atomic E-state index is 0.554. The van der Waals surface area contributed by atoms with Crippen molar-refractivity contribution in [3.63, 3.8) is 0 Å². The molecule has 0 fully saturated rings. The lowest BCUT2D eigenvalue weighted by Gasteiger charge is -1.98. The second kappa shape index (κ2) is 3.44. The van der Waals surface area contributed by atoms with Crippen LogP contribution < -0.4 is 5.32 Å². The Hall–Kier alpha value is -0.960. The number of hydrogen-bond acceptors (Lipinski definition) is 2. The lowest BCUT2D eigenvalue weighted by molar-refractivity contribution is 0.769. The van der Waals surface area contributed by atoms with Gasteiger partial charge in [-0.1, -0.05) is 18.2 Å². The van der Waals surface area contributed by atoms with Gasteiger partial charge >= 0.3 is 0 Å². The molecule has 0 saturated carbocycles. The third-order valence-corrected chi connectivity index (χ3v) is 1.31. The van der Waals surface area contributed by atoms with E-state index in [2.05, 4.69) is 17.0 Å². The molecule has 0 aliphatic carbocycles. The van der Waals surface area contributed by atoms with Crippen molar-refractivity contribution in [2.75, 3.05) is 11.9 Å². The summed E-state index contributed by atoms with van der Waals surface area (Å²) < 4.78 is 1.72. The molecule has 0 radical (unpaired) electrons. The van der Waals surface area contributed by atoms with Gasteiger partial charge in [0.1, 0.15) is 5.82 Å². The van der Waals surface area contributed by atoms with Gasteiger partial charge in [0.05, 0.1) is 6.54 Å². The molecular weight excluding hydrogens is 162 g/mol. The summed E-state index contributed by atoms with van der Waals surface area (Å²) in [5.41, 5.74) is 0. The summed E-state index contributed by atoms with van der Waals surface area (Å²) in [5.74, 6) is 0.814. The number of nitrogens with zero attached hydrogens (tertiary/aromatic N) is 2. The Morgan fingerprint density at radius 3 is 3.09 bits per heavy atom. The van der Waals surface area contributed by atoms with E-state index in [1.54, 1.807) is 4.68 Å². The van der Waals surface area contributed by atoms with Crippen LogP contribution in [0.5, 0.6) is 0 Å². The number of nitrogens with one attached hydrogen (secondary N) is 1. The fraction of sp³-hybridized carbons (Fsp3) is 0.286. The van der Waals surface area contributed by atoms with Crippen LogP contribution in [0.3, 0.4) is 0 Å². The largest absolute Gasteiger partial charge is 0.364 e. The van der Waals surface area contributed by atoms with E-state index in [9.17, 15) is 0 Å². The van der Waals surface area contributed by atoms with E-state index in [-0.39, 0.29) is 0 Å². The van der Waals surface area contributed by atoms with Gasteiger partial charge in [0.25, 0.3) is 0 Å². The Balaban J connectivity index is 2.45. The lowest BCUT2D eigenvalue weighted by atomic mass is 10.5. The van der Waals surface area contributed by atoms with Crippen LogP contribution in [0.2, 0.25) is 0 Å². The van der Waals surface area contributed by atoms with Crippen LogP contribution in [0, 0.1) is 0 Å². The van der Waals surface area contributed by atoms with Gasteiger partial charge < -0.3 is 5.32 Å². The van der Waals surface area contributed by atoms with Gasteiger partial charge in [0.2, 0.25) is 0 Å². The molecule has 1 aromatic heterocycles. The zero-order chi connectivity index (χ0) is 8.27. The molecular formula is C7H10ClN3. The molecule has 0 aliphatic heterocycles. The molecule has 0 unspecified atom stereocenters. The van der Waals surface area contributed by atoms with Crippen molar-refractivity contribution in [3.8, 4) is 0 Å². The molecule has 0 amide bonds. The van der Waals surface area contributed by atoms with Crippen LogP contribution in [-0.2, 0) is 7.05 Å². The first-order valence-corrected chi connectivity index (χ1v) is 3.63. The topological polar surface area (TPSA) is 29.9 Å². The van der Waals surface area contributed by atoms with Crippen molar-refractivity contribution in [1.29, 1.82) is 0 Å². The van der Waals surface area contributed by atoms with Crippen LogP contribution in [-0.4, -0.2) is 16.3 Å². The van der Waals surface area contributed by atoms with E-state index in [0.29, 0.717) is 11.6 Å². The predicted molar refractivity (Wildman–Crippen MR) is 46.7 cm³/mol. The molecule has 4 heteroatoms. The molecule has 0 aromatic carbocycles. The number of aryl methyl sites for hydroxylation is 1. The van der Waals surface area contributed by atoms with E-state index >= 15 is 0 Å². The van der Waals surface area contributed by atoms with E-state index in [1.807, 2.05) is 19.3 Å². The molecule has 3 nitrogen and oxygen atoms in total. The van der Waals surface area contributed by atoms with Crippen molar-refractivity contribution < 1.29 is 0 Å². The van der Waals surface area contributed by atoms with Crippen LogP contribution >= 0.6 is 11.6 Å². The summed E-state index contributed by atoms with van der Waals surface area (Å²) in [4.78, 5) is 0. The minimum atomic E-state index is 0.554. The summed E-state index contributed by atoms with van der Waals surface area (Å²) in [6.07, 6.45) is 1.86. The van der Waals surface area contributed by atoms with Crippen molar-refractivity contribution >= 4 is 17.4 Å². The lowest BCUT2D eigenvalue weighted by Crippen LogP contribution is -2.01. The first-order valence-electron chi connectivity index (χ1n) is 3.25. The summed E-state index contributed by atoms with van der Waals surface area (Å²) in [6, 6.07) is 1.87. The SMILES string of the molecule is C=C(Cl)CNc1ccn(C)n1. The standard InChI is InChI=1S/C7H10ClN3/c1-6(8)5-9-7-3-4-11(2)10-7/h3-4H,1,5H2,2H3,(H,9,10). The Labute approximate surface area is 70.7 Å². The maximum atomic E-state index is 5.54. The molecule has 0 bridgehead atoms. The van der Waals surface area contributed by atoms with Crippen molar-refractivity contribution in [2.24, 2.45) is 7.05 Å². The quantitative estimate of drug-likeness (QED) is 0.749. The van der Waals surface area contributed by atoms with E-state index < -0.39 is 0 Å². The van der Waals surface area contributed by atoms with Gasteiger partial charge in [0, 0.05) is 24.3 Å². The first-order chi connectivity index (χ1) is 5.18. The van der Waals surface area contributed by atoms with Crippen molar-refractivity contribution in [2.45, 2.75) is 0 Å². The molecule has 1 N–H and O–H groups in total. The molecule has 11 heavy (non-hydrogen) atoms. The molecule has 0 aliphatic rings. The summed E-state index contributed by atoms with van der Waals surface area (Å²) in [7, 11) is 1.86. The third-order valence-electron chi connectivity index (χ3n) is 1.17. The molecule has 1 rings (SSSR count). The fourth-order valence-electron chi connectivity index (χ4n) is 0.696. The first kappa shape index (κ1) is 8.14. The van der Waals surface area contributed by atoms with Gasteiger partial charge in [0.15, 0.2) is 0 Å². The Morgan fingerprint density at radius 2 is 2.64 bits per heavy atom.